The second-order valence-corrected chi connectivity index (χ2v) is 10.7. The number of rotatable bonds is 4. The molecule has 0 spiro atoms. The highest BCUT2D eigenvalue weighted by atomic mass is 127. The van der Waals surface area contributed by atoms with Gasteiger partial charge in [0.25, 0.3) is 0 Å². The van der Waals surface area contributed by atoms with Crippen LogP contribution in [0.2, 0.25) is 0 Å². The van der Waals surface area contributed by atoms with Gasteiger partial charge in [0.05, 0.1) is 36.4 Å². The first-order valence-electron chi connectivity index (χ1n) is 12.0. The van der Waals surface area contributed by atoms with Gasteiger partial charge in [-0.25, -0.2) is 14.2 Å². The number of imidazole rings is 1. The Bertz CT molecular complexity index is 1280. The van der Waals surface area contributed by atoms with Crippen molar-refractivity contribution >= 4 is 33.9 Å². The summed E-state index contributed by atoms with van der Waals surface area (Å²) in [6.45, 7) is 7.00. The monoisotopic (exact) mass is 573 g/mol. The standard InChI is InChI=1S/C24H28IN7O2/c1-15-11-18(31(28-15)20-5-3-4-9-34-20)23-27-22(25)21-17(24(14-26)6-7-24)12-19(29-32(21)23)30-8-10-33-13-16(30)2/h11-12,16,20H,3-10,13H2,1-2H3/t16-,20?/m0/s1. The van der Waals surface area contributed by atoms with E-state index in [0.29, 0.717) is 13.2 Å². The largest absolute Gasteiger partial charge is 0.377 e. The molecule has 2 aliphatic heterocycles. The summed E-state index contributed by atoms with van der Waals surface area (Å²) in [6.07, 6.45) is 4.77. The number of halogens is 1. The number of nitrogens with zero attached hydrogens (tertiary/aromatic N) is 7. The fourth-order valence-electron chi connectivity index (χ4n) is 5.16. The van der Waals surface area contributed by atoms with E-state index in [1.807, 2.05) is 16.1 Å². The topological polar surface area (TPSA) is 93.5 Å². The van der Waals surface area contributed by atoms with Crippen molar-refractivity contribution in [3.05, 3.63) is 27.1 Å². The van der Waals surface area contributed by atoms with Crippen LogP contribution in [0.4, 0.5) is 5.82 Å². The highest BCUT2D eigenvalue weighted by Crippen LogP contribution is 2.50. The molecule has 6 rings (SSSR count). The summed E-state index contributed by atoms with van der Waals surface area (Å²) in [5.74, 6) is 1.61. The van der Waals surface area contributed by atoms with Gasteiger partial charge in [0.2, 0.25) is 0 Å². The maximum Gasteiger partial charge on any atom is 0.181 e. The van der Waals surface area contributed by atoms with Gasteiger partial charge in [-0.1, -0.05) is 0 Å². The van der Waals surface area contributed by atoms with Crippen molar-refractivity contribution in [2.75, 3.05) is 31.3 Å². The Kier molecular flexibility index (Phi) is 5.54. The minimum Gasteiger partial charge on any atom is -0.377 e. The zero-order chi connectivity index (χ0) is 23.4. The molecule has 1 saturated carbocycles. The fourth-order valence-corrected chi connectivity index (χ4v) is 5.91. The molecule has 178 valence electrons. The second kappa shape index (κ2) is 8.46. The van der Waals surface area contributed by atoms with E-state index >= 15 is 0 Å². The summed E-state index contributed by atoms with van der Waals surface area (Å²) >= 11 is 2.28. The maximum absolute atomic E-state index is 10.1. The van der Waals surface area contributed by atoms with Gasteiger partial charge in [-0.15, -0.1) is 5.10 Å². The normalized spacial score (nSPS) is 24.4. The van der Waals surface area contributed by atoms with Gasteiger partial charge in [0, 0.05) is 18.7 Å². The van der Waals surface area contributed by atoms with E-state index in [4.69, 9.17) is 24.7 Å². The van der Waals surface area contributed by atoms with Crippen LogP contribution in [0.5, 0.6) is 0 Å². The lowest BCUT2D eigenvalue weighted by Gasteiger charge is -2.34. The minimum absolute atomic E-state index is 0.0988. The number of fused-ring (bicyclic) bond motifs is 1. The predicted octanol–water partition coefficient (Wildman–Crippen LogP) is 3.99. The molecule has 0 bridgehead atoms. The molecule has 3 aliphatic rings. The third-order valence-corrected chi connectivity index (χ3v) is 7.95. The Morgan fingerprint density at radius 2 is 2.06 bits per heavy atom. The molecule has 34 heavy (non-hydrogen) atoms. The van der Waals surface area contributed by atoms with Crippen molar-refractivity contribution in [1.82, 2.24) is 24.4 Å². The highest BCUT2D eigenvalue weighted by Gasteiger charge is 2.47. The van der Waals surface area contributed by atoms with Crippen molar-refractivity contribution in [3.8, 4) is 17.6 Å². The van der Waals surface area contributed by atoms with Crippen LogP contribution >= 0.6 is 22.6 Å². The SMILES string of the molecule is Cc1cc(-c2nc(I)c3c(C4(C#N)CC4)cc(N4CCOC[C@@H]4C)nn23)n(C2CCCCO2)n1. The molecule has 3 fully saturated rings. The average molecular weight is 573 g/mol. The fraction of sp³-hybridized carbons (Fsp3) is 0.583. The van der Waals surface area contributed by atoms with E-state index in [1.165, 1.54) is 0 Å². The molecule has 1 aliphatic carbocycles. The molecule has 1 unspecified atom stereocenters. The third-order valence-electron chi connectivity index (χ3n) is 7.20. The number of hydrogen-bond acceptors (Lipinski definition) is 7. The minimum atomic E-state index is -0.464. The first-order chi connectivity index (χ1) is 16.5. The molecular formula is C24H28IN7O2. The number of hydrogen-bond donors (Lipinski definition) is 0. The summed E-state index contributed by atoms with van der Waals surface area (Å²) in [7, 11) is 0. The van der Waals surface area contributed by atoms with Crippen LogP contribution in [0.3, 0.4) is 0 Å². The van der Waals surface area contributed by atoms with E-state index in [0.717, 1.165) is 83.1 Å². The lowest BCUT2D eigenvalue weighted by molar-refractivity contribution is -0.0386. The van der Waals surface area contributed by atoms with Crippen molar-refractivity contribution in [2.45, 2.75) is 63.6 Å². The van der Waals surface area contributed by atoms with Crippen molar-refractivity contribution < 1.29 is 9.47 Å². The van der Waals surface area contributed by atoms with Gasteiger partial charge >= 0.3 is 0 Å². The Morgan fingerprint density at radius 3 is 2.76 bits per heavy atom. The molecule has 0 N–H and O–H groups in total. The summed E-state index contributed by atoms with van der Waals surface area (Å²) in [4.78, 5) is 7.27. The molecule has 3 aromatic rings. The average Bonchev–Trinajstić information content (AvgIpc) is 3.46. The molecule has 0 aromatic carbocycles. The summed E-state index contributed by atoms with van der Waals surface area (Å²) < 4.78 is 16.5. The molecule has 2 atom stereocenters. The number of ether oxygens (including phenoxy) is 2. The summed E-state index contributed by atoms with van der Waals surface area (Å²) in [5, 5.41) is 20.0. The van der Waals surface area contributed by atoms with E-state index < -0.39 is 5.41 Å². The quantitative estimate of drug-likeness (QED) is 0.436. The van der Waals surface area contributed by atoms with Gasteiger partial charge in [0.1, 0.15) is 20.7 Å². The summed E-state index contributed by atoms with van der Waals surface area (Å²) in [5.41, 5.74) is 3.31. The number of anilines is 1. The van der Waals surface area contributed by atoms with Gasteiger partial charge < -0.3 is 14.4 Å². The molecule has 0 radical (unpaired) electrons. The van der Waals surface area contributed by atoms with Gasteiger partial charge in [-0.2, -0.15) is 10.4 Å². The van der Waals surface area contributed by atoms with Crippen molar-refractivity contribution in [2.24, 2.45) is 0 Å². The van der Waals surface area contributed by atoms with Crippen LogP contribution in [0.25, 0.3) is 17.0 Å². The Morgan fingerprint density at radius 1 is 1.21 bits per heavy atom. The first-order valence-corrected chi connectivity index (χ1v) is 13.1. The molecule has 10 heteroatoms. The second-order valence-electron chi connectivity index (χ2n) is 9.65. The summed E-state index contributed by atoms with van der Waals surface area (Å²) in [6, 6.07) is 6.98. The lowest BCUT2D eigenvalue weighted by Crippen LogP contribution is -2.44. The lowest BCUT2D eigenvalue weighted by atomic mass is 9.98. The van der Waals surface area contributed by atoms with Crippen LogP contribution in [0, 0.1) is 22.0 Å². The van der Waals surface area contributed by atoms with E-state index in [9.17, 15) is 5.26 Å². The number of nitriles is 1. The molecule has 0 amide bonds. The van der Waals surface area contributed by atoms with Crippen LogP contribution in [0.15, 0.2) is 12.1 Å². The zero-order valence-electron chi connectivity index (χ0n) is 19.5. The molecule has 9 nitrogen and oxygen atoms in total. The Balaban J connectivity index is 1.57. The van der Waals surface area contributed by atoms with Crippen LogP contribution in [0.1, 0.15) is 56.5 Å². The first kappa shape index (κ1) is 22.2. The van der Waals surface area contributed by atoms with Gasteiger partial charge in [-0.3, -0.25) is 0 Å². The van der Waals surface area contributed by atoms with Crippen molar-refractivity contribution in [1.29, 1.82) is 5.26 Å². The molecule has 2 saturated heterocycles. The zero-order valence-corrected chi connectivity index (χ0v) is 21.7. The van der Waals surface area contributed by atoms with E-state index in [1.54, 1.807) is 0 Å². The predicted molar refractivity (Wildman–Crippen MR) is 135 cm³/mol. The molecule has 3 aromatic heterocycles. The van der Waals surface area contributed by atoms with Gasteiger partial charge in [-0.05, 0) is 80.7 Å². The third kappa shape index (κ3) is 3.60. The molecular weight excluding hydrogens is 545 g/mol. The van der Waals surface area contributed by atoms with Crippen molar-refractivity contribution in [3.63, 3.8) is 0 Å². The van der Waals surface area contributed by atoms with E-state index in [2.05, 4.69) is 52.6 Å². The highest BCUT2D eigenvalue weighted by molar-refractivity contribution is 14.1. The Labute approximate surface area is 212 Å². The number of aryl methyl sites for hydroxylation is 1. The van der Waals surface area contributed by atoms with Crippen LogP contribution in [-0.2, 0) is 14.9 Å². The van der Waals surface area contributed by atoms with Crippen LogP contribution < -0.4 is 4.90 Å². The van der Waals surface area contributed by atoms with E-state index in [-0.39, 0.29) is 12.3 Å². The maximum atomic E-state index is 10.1. The number of morpholine rings is 1. The Hall–Kier alpha value is -2.23. The smallest absolute Gasteiger partial charge is 0.181 e. The molecule has 5 heterocycles. The number of aromatic nitrogens is 5. The van der Waals surface area contributed by atoms with Crippen LogP contribution in [-0.4, -0.2) is 56.8 Å². The van der Waals surface area contributed by atoms with Gasteiger partial charge in [0.15, 0.2) is 12.1 Å².